The molecule has 0 atom stereocenters. The van der Waals surface area contributed by atoms with Crippen molar-refractivity contribution < 1.29 is 0 Å². The van der Waals surface area contributed by atoms with Gasteiger partial charge < -0.3 is 9.88 Å². The molecule has 19 heavy (non-hydrogen) atoms. The van der Waals surface area contributed by atoms with Crippen LogP contribution in [0.3, 0.4) is 0 Å². The fourth-order valence-corrected chi connectivity index (χ4v) is 2.44. The van der Waals surface area contributed by atoms with Gasteiger partial charge in [0, 0.05) is 19.5 Å². The monoisotopic (exact) mass is 259 g/mol. The molecule has 0 spiro atoms. The average Bonchev–Trinajstić information content (AvgIpc) is 2.73. The Kier molecular flexibility index (Phi) is 4.59. The molecule has 0 bridgehead atoms. The zero-order valence-electron chi connectivity index (χ0n) is 12.5. The highest BCUT2D eigenvalue weighted by Crippen LogP contribution is 2.20. The Balaban J connectivity index is 2.45. The van der Waals surface area contributed by atoms with Gasteiger partial charge in [0.2, 0.25) is 0 Å². The van der Waals surface area contributed by atoms with E-state index in [9.17, 15) is 0 Å². The molecule has 0 aliphatic carbocycles. The van der Waals surface area contributed by atoms with Gasteiger partial charge >= 0.3 is 0 Å². The number of aryl methyl sites for hydroxylation is 1. The number of likely N-dealkylation sites (N-methyl/N-ethyl adjacent to an activating group) is 1. The summed E-state index contributed by atoms with van der Waals surface area (Å²) in [7, 11) is 1.99. The summed E-state index contributed by atoms with van der Waals surface area (Å²) in [6, 6.07) is 6.68. The summed E-state index contributed by atoms with van der Waals surface area (Å²) < 4.78 is 2.39. The van der Waals surface area contributed by atoms with Crippen LogP contribution in [-0.2, 0) is 19.4 Å². The number of benzene rings is 1. The largest absolute Gasteiger partial charge is 0.328 e. The molecule has 1 aromatic carbocycles. The van der Waals surface area contributed by atoms with Gasteiger partial charge in [0.1, 0.15) is 5.82 Å². The highest BCUT2D eigenvalue weighted by atomic mass is 15.1. The second-order valence-electron chi connectivity index (χ2n) is 5.56. The second kappa shape index (κ2) is 6.20. The lowest BCUT2D eigenvalue weighted by Gasteiger charge is -2.11. The van der Waals surface area contributed by atoms with Crippen LogP contribution in [0.15, 0.2) is 18.2 Å². The maximum Gasteiger partial charge on any atom is 0.111 e. The molecule has 3 heteroatoms. The van der Waals surface area contributed by atoms with E-state index in [2.05, 4.69) is 48.9 Å². The van der Waals surface area contributed by atoms with Crippen molar-refractivity contribution in [2.75, 3.05) is 13.6 Å². The minimum absolute atomic E-state index is 0.636. The molecule has 0 unspecified atom stereocenters. The van der Waals surface area contributed by atoms with Gasteiger partial charge in [-0.25, -0.2) is 4.98 Å². The Hall–Kier alpha value is -1.35. The summed E-state index contributed by atoms with van der Waals surface area (Å²) in [6.07, 6.45) is 2.05. The first-order valence-electron chi connectivity index (χ1n) is 7.28. The number of aromatic nitrogens is 2. The van der Waals surface area contributed by atoms with E-state index in [0.29, 0.717) is 5.92 Å². The molecule has 1 aromatic heterocycles. The third-order valence-electron chi connectivity index (χ3n) is 3.45. The predicted molar refractivity (Wildman–Crippen MR) is 81.6 cm³/mol. The molecular formula is C16H25N3. The van der Waals surface area contributed by atoms with Gasteiger partial charge in [-0.05, 0) is 37.1 Å². The number of nitrogens with zero attached hydrogens (tertiary/aromatic N) is 2. The van der Waals surface area contributed by atoms with Crippen LogP contribution in [0.2, 0.25) is 0 Å². The first kappa shape index (κ1) is 14.1. The fourth-order valence-electron chi connectivity index (χ4n) is 2.44. The van der Waals surface area contributed by atoms with Crippen LogP contribution in [0.5, 0.6) is 0 Å². The third-order valence-corrected chi connectivity index (χ3v) is 3.45. The highest BCUT2D eigenvalue weighted by molar-refractivity contribution is 5.77. The van der Waals surface area contributed by atoms with E-state index >= 15 is 0 Å². The lowest BCUT2D eigenvalue weighted by molar-refractivity contribution is 0.514. The smallest absolute Gasteiger partial charge is 0.111 e. The van der Waals surface area contributed by atoms with Gasteiger partial charge in [0.15, 0.2) is 0 Å². The Morgan fingerprint density at radius 3 is 2.74 bits per heavy atom. The summed E-state index contributed by atoms with van der Waals surface area (Å²) in [5, 5.41) is 3.21. The van der Waals surface area contributed by atoms with Crippen molar-refractivity contribution in [3.8, 4) is 0 Å². The Labute approximate surface area is 116 Å². The zero-order chi connectivity index (χ0) is 13.8. The number of imidazole rings is 1. The Morgan fingerprint density at radius 2 is 2.11 bits per heavy atom. The first-order valence-corrected chi connectivity index (χ1v) is 7.28. The number of fused-ring (bicyclic) bond motifs is 1. The van der Waals surface area contributed by atoms with Crippen LogP contribution in [0.4, 0.5) is 0 Å². The SMILES string of the molecule is CCc1ccc2c(c1)nc(CCNC)n2CC(C)C. The van der Waals surface area contributed by atoms with Crippen LogP contribution >= 0.6 is 0 Å². The van der Waals surface area contributed by atoms with Gasteiger partial charge in [-0.3, -0.25) is 0 Å². The van der Waals surface area contributed by atoms with Gasteiger partial charge in [0.25, 0.3) is 0 Å². The zero-order valence-corrected chi connectivity index (χ0v) is 12.5. The number of rotatable bonds is 6. The molecule has 1 heterocycles. The molecule has 0 amide bonds. The minimum atomic E-state index is 0.636. The van der Waals surface area contributed by atoms with Crippen molar-refractivity contribution in [3.05, 3.63) is 29.6 Å². The summed E-state index contributed by atoms with van der Waals surface area (Å²) >= 11 is 0. The van der Waals surface area contributed by atoms with Gasteiger partial charge in [-0.15, -0.1) is 0 Å². The van der Waals surface area contributed by atoms with Crippen LogP contribution in [0.25, 0.3) is 11.0 Å². The molecule has 0 saturated carbocycles. The van der Waals surface area contributed by atoms with Crippen molar-refractivity contribution >= 4 is 11.0 Å². The molecule has 0 fully saturated rings. The summed E-state index contributed by atoms with van der Waals surface area (Å²) in [5.74, 6) is 1.84. The molecule has 2 rings (SSSR count). The molecule has 0 aliphatic rings. The van der Waals surface area contributed by atoms with Gasteiger partial charge in [-0.1, -0.05) is 26.8 Å². The van der Waals surface area contributed by atoms with Crippen LogP contribution in [-0.4, -0.2) is 23.1 Å². The van der Waals surface area contributed by atoms with Crippen LogP contribution < -0.4 is 5.32 Å². The standard InChI is InChI=1S/C16H25N3/c1-5-13-6-7-15-14(10-13)18-16(8-9-17-4)19(15)11-12(2)3/h6-7,10,12,17H,5,8-9,11H2,1-4H3. The van der Waals surface area contributed by atoms with Crippen molar-refractivity contribution in [1.82, 2.24) is 14.9 Å². The van der Waals surface area contributed by atoms with E-state index in [0.717, 1.165) is 31.4 Å². The Morgan fingerprint density at radius 1 is 1.32 bits per heavy atom. The van der Waals surface area contributed by atoms with E-state index in [1.165, 1.54) is 16.9 Å². The van der Waals surface area contributed by atoms with E-state index < -0.39 is 0 Å². The van der Waals surface area contributed by atoms with Crippen molar-refractivity contribution in [1.29, 1.82) is 0 Å². The third kappa shape index (κ3) is 3.16. The maximum absolute atomic E-state index is 4.83. The van der Waals surface area contributed by atoms with Gasteiger partial charge in [-0.2, -0.15) is 0 Å². The molecule has 104 valence electrons. The lowest BCUT2D eigenvalue weighted by Crippen LogP contribution is -2.15. The number of hydrogen-bond donors (Lipinski definition) is 1. The van der Waals surface area contributed by atoms with Crippen molar-refractivity contribution in [2.24, 2.45) is 5.92 Å². The van der Waals surface area contributed by atoms with Crippen LogP contribution in [0, 0.1) is 5.92 Å². The number of hydrogen-bond acceptors (Lipinski definition) is 2. The Bertz CT molecular complexity index is 540. The van der Waals surface area contributed by atoms with E-state index in [-0.39, 0.29) is 0 Å². The van der Waals surface area contributed by atoms with E-state index in [4.69, 9.17) is 4.98 Å². The first-order chi connectivity index (χ1) is 9.15. The van der Waals surface area contributed by atoms with Crippen molar-refractivity contribution in [3.63, 3.8) is 0 Å². The molecule has 3 nitrogen and oxygen atoms in total. The topological polar surface area (TPSA) is 29.9 Å². The lowest BCUT2D eigenvalue weighted by atomic mass is 10.1. The highest BCUT2D eigenvalue weighted by Gasteiger charge is 2.11. The quantitative estimate of drug-likeness (QED) is 0.864. The molecule has 0 radical (unpaired) electrons. The predicted octanol–water partition coefficient (Wildman–Crippen LogP) is 3.02. The second-order valence-corrected chi connectivity index (χ2v) is 5.56. The summed E-state index contributed by atoms with van der Waals surface area (Å²) in [6.45, 7) is 8.72. The van der Waals surface area contributed by atoms with Crippen molar-refractivity contribution in [2.45, 2.75) is 40.2 Å². The minimum Gasteiger partial charge on any atom is -0.328 e. The molecular weight excluding hydrogens is 234 g/mol. The molecule has 0 saturated heterocycles. The van der Waals surface area contributed by atoms with E-state index in [1.54, 1.807) is 0 Å². The maximum atomic E-state index is 4.83. The van der Waals surface area contributed by atoms with E-state index in [1.807, 2.05) is 7.05 Å². The fraction of sp³-hybridized carbons (Fsp3) is 0.562. The van der Waals surface area contributed by atoms with Gasteiger partial charge in [0.05, 0.1) is 11.0 Å². The number of nitrogens with one attached hydrogen (secondary N) is 1. The average molecular weight is 259 g/mol. The van der Waals surface area contributed by atoms with Crippen LogP contribution in [0.1, 0.15) is 32.2 Å². The normalized spacial score (nSPS) is 11.6. The molecule has 0 aliphatic heterocycles. The molecule has 1 N–H and O–H groups in total. The summed E-state index contributed by atoms with van der Waals surface area (Å²) in [4.78, 5) is 4.83. The molecule has 2 aromatic rings. The summed E-state index contributed by atoms with van der Waals surface area (Å²) in [5.41, 5.74) is 3.78.